The number of hydrogen-bond donors (Lipinski definition) is 1. The van der Waals surface area contributed by atoms with Crippen LogP contribution in [0.5, 0.6) is 0 Å². The first kappa shape index (κ1) is 15.6. The highest BCUT2D eigenvalue weighted by Crippen LogP contribution is 2.25. The molecule has 0 aliphatic carbocycles. The summed E-state index contributed by atoms with van der Waals surface area (Å²) in [5, 5.41) is 3.12. The van der Waals surface area contributed by atoms with Crippen molar-refractivity contribution in [3.05, 3.63) is 33.8 Å². The molecule has 0 saturated heterocycles. The number of benzene rings is 1. The molecule has 0 aliphatic rings. The van der Waals surface area contributed by atoms with Gasteiger partial charge in [-0.3, -0.25) is 0 Å². The SMILES string of the molecule is CC(CNCc1c(F)ccc(Br)c1F)C(C)(C)C. The van der Waals surface area contributed by atoms with E-state index in [1.54, 1.807) is 0 Å². The van der Waals surface area contributed by atoms with Crippen LogP contribution in [0.15, 0.2) is 16.6 Å². The van der Waals surface area contributed by atoms with Crippen LogP contribution in [0.2, 0.25) is 0 Å². The summed E-state index contributed by atoms with van der Waals surface area (Å²) >= 11 is 3.06. The fourth-order valence-corrected chi connectivity index (χ4v) is 1.82. The van der Waals surface area contributed by atoms with Gasteiger partial charge in [-0.25, -0.2) is 8.78 Å². The highest BCUT2D eigenvalue weighted by atomic mass is 79.9. The fourth-order valence-electron chi connectivity index (χ4n) is 1.45. The van der Waals surface area contributed by atoms with Crippen LogP contribution < -0.4 is 5.32 Å². The topological polar surface area (TPSA) is 12.0 Å². The molecule has 0 aliphatic heterocycles. The van der Waals surface area contributed by atoms with Crippen molar-refractivity contribution in [2.75, 3.05) is 6.54 Å². The van der Waals surface area contributed by atoms with E-state index in [-0.39, 0.29) is 17.5 Å². The summed E-state index contributed by atoms with van der Waals surface area (Å²) in [6.45, 7) is 9.52. The second kappa shape index (κ2) is 6.11. The molecule has 0 heterocycles. The van der Waals surface area contributed by atoms with Crippen molar-refractivity contribution < 1.29 is 8.78 Å². The van der Waals surface area contributed by atoms with Crippen molar-refractivity contribution >= 4 is 15.9 Å². The summed E-state index contributed by atoms with van der Waals surface area (Å²) in [5.74, 6) is -0.603. The van der Waals surface area contributed by atoms with Gasteiger partial charge in [-0.15, -0.1) is 0 Å². The maximum absolute atomic E-state index is 13.7. The summed E-state index contributed by atoms with van der Waals surface area (Å²) in [6, 6.07) is 2.66. The standard InChI is InChI=1S/C14H20BrF2N/c1-9(14(2,3)4)7-18-8-10-12(16)6-5-11(15)13(10)17/h5-6,9,18H,7-8H2,1-4H3. The average molecular weight is 320 g/mol. The van der Waals surface area contributed by atoms with Gasteiger partial charge >= 0.3 is 0 Å². The minimum Gasteiger partial charge on any atom is -0.312 e. The van der Waals surface area contributed by atoms with E-state index in [4.69, 9.17) is 0 Å². The van der Waals surface area contributed by atoms with Crippen LogP contribution in [0.25, 0.3) is 0 Å². The Bertz CT molecular complexity index is 413. The molecule has 0 saturated carbocycles. The summed E-state index contributed by atoms with van der Waals surface area (Å²) in [7, 11) is 0. The second-order valence-corrected chi connectivity index (χ2v) is 6.57. The molecule has 18 heavy (non-hydrogen) atoms. The summed E-state index contributed by atoms with van der Waals surface area (Å²) in [5.41, 5.74) is 0.270. The highest BCUT2D eigenvalue weighted by molar-refractivity contribution is 9.10. The summed E-state index contributed by atoms with van der Waals surface area (Å²) < 4.78 is 27.5. The zero-order valence-corrected chi connectivity index (χ0v) is 12.9. The predicted octanol–water partition coefficient (Wildman–Crippen LogP) is 4.50. The van der Waals surface area contributed by atoms with Crippen molar-refractivity contribution in [1.29, 1.82) is 0 Å². The van der Waals surface area contributed by atoms with Crippen LogP contribution in [0.3, 0.4) is 0 Å². The van der Waals surface area contributed by atoms with E-state index in [2.05, 4.69) is 48.9 Å². The first-order valence-corrected chi connectivity index (χ1v) is 6.86. The largest absolute Gasteiger partial charge is 0.312 e. The number of nitrogens with one attached hydrogen (secondary N) is 1. The molecule has 1 N–H and O–H groups in total. The third-order valence-corrected chi connectivity index (χ3v) is 3.98. The molecule has 1 rings (SSSR count). The monoisotopic (exact) mass is 319 g/mol. The molecule has 0 aromatic heterocycles. The van der Waals surface area contributed by atoms with Gasteiger partial charge < -0.3 is 5.32 Å². The predicted molar refractivity (Wildman–Crippen MR) is 74.4 cm³/mol. The highest BCUT2D eigenvalue weighted by Gasteiger charge is 2.20. The van der Waals surface area contributed by atoms with E-state index in [9.17, 15) is 8.78 Å². The minimum atomic E-state index is -0.522. The Morgan fingerprint density at radius 3 is 2.44 bits per heavy atom. The van der Waals surface area contributed by atoms with E-state index < -0.39 is 11.6 Å². The number of hydrogen-bond acceptors (Lipinski definition) is 1. The number of rotatable bonds is 4. The van der Waals surface area contributed by atoms with Gasteiger partial charge in [0.2, 0.25) is 0 Å². The van der Waals surface area contributed by atoms with Crippen molar-refractivity contribution in [1.82, 2.24) is 5.32 Å². The van der Waals surface area contributed by atoms with E-state index >= 15 is 0 Å². The van der Waals surface area contributed by atoms with Gasteiger partial charge in [0.05, 0.1) is 4.47 Å². The molecule has 0 bridgehead atoms. The minimum absolute atomic E-state index is 0.0884. The maximum atomic E-state index is 13.7. The molecule has 4 heteroatoms. The molecule has 0 radical (unpaired) electrons. The smallest absolute Gasteiger partial charge is 0.144 e. The molecule has 102 valence electrons. The molecule has 0 spiro atoms. The van der Waals surface area contributed by atoms with Crippen molar-refractivity contribution in [2.45, 2.75) is 34.2 Å². The van der Waals surface area contributed by atoms with Crippen LogP contribution in [-0.4, -0.2) is 6.54 Å². The van der Waals surface area contributed by atoms with Crippen LogP contribution in [0.4, 0.5) is 8.78 Å². The van der Waals surface area contributed by atoms with E-state index in [0.29, 0.717) is 10.4 Å². The zero-order chi connectivity index (χ0) is 13.9. The van der Waals surface area contributed by atoms with Gasteiger partial charge in [0, 0.05) is 12.1 Å². The molecule has 1 aromatic carbocycles. The number of halogens is 3. The van der Waals surface area contributed by atoms with Gasteiger partial charge in [0.15, 0.2) is 0 Å². The van der Waals surface area contributed by atoms with Crippen LogP contribution in [-0.2, 0) is 6.54 Å². The average Bonchev–Trinajstić information content (AvgIpc) is 2.27. The molecule has 0 amide bonds. The Kier molecular flexibility index (Phi) is 5.29. The van der Waals surface area contributed by atoms with Crippen molar-refractivity contribution in [2.24, 2.45) is 11.3 Å². The van der Waals surface area contributed by atoms with Gasteiger partial charge in [-0.05, 0) is 45.9 Å². The van der Waals surface area contributed by atoms with Crippen molar-refractivity contribution in [3.63, 3.8) is 0 Å². The molecular formula is C14H20BrF2N. The Morgan fingerprint density at radius 1 is 1.28 bits per heavy atom. The third-order valence-electron chi connectivity index (χ3n) is 3.37. The van der Waals surface area contributed by atoms with Gasteiger partial charge in [0.25, 0.3) is 0 Å². The van der Waals surface area contributed by atoms with Crippen molar-refractivity contribution in [3.8, 4) is 0 Å². The fraction of sp³-hybridized carbons (Fsp3) is 0.571. The zero-order valence-electron chi connectivity index (χ0n) is 11.3. The maximum Gasteiger partial charge on any atom is 0.144 e. The normalized spacial score (nSPS) is 13.7. The molecule has 1 unspecified atom stereocenters. The van der Waals surface area contributed by atoms with E-state index in [1.165, 1.54) is 12.1 Å². The van der Waals surface area contributed by atoms with Crippen LogP contribution in [0.1, 0.15) is 33.3 Å². The molecule has 1 aromatic rings. The van der Waals surface area contributed by atoms with Gasteiger partial charge in [-0.1, -0.05) is 27.7 Å². The Balaban J connectivity index is 2.63. The lowest BCUT2D eigenvalue weighted by Gasteiger charge is -2.27. The summed E-state index contributed by atoms with van der Waals surface area (Å²) in [6.07, 6.45) is 0. The molecular weight excluding hydrogens is 300 g/mol. The van der Waals surface area contributed by atoms with E-state index in [1.807, 2.05) is 0 Å². The Hall–Kier alpha value is -0.480. The van der Waals surface area contributed by atoms with Crippen LogP contribution in [0, 0.1) is 23.0 Å². The second-order valence-electron chi connectivity index (χ2n) is 5.72. The lowest BCUT2D eigenvalue weighted by Crippen LogP contribution is -2.29. The first-order chi connectivity index (χ1) is 8.23. The van der Waals surface area contributed by atoms with Gasteiger partial charge in [0.1, 0.15) is 11.6 Å². The Labute approximate surface area is 116 Å². The Morgan fingerprint density at radius 2 is 1.89 bits per heavy atom. The van der Waals surface area contributed by atoms with Gasteiger partial charge in [-0.2, -0.15) is 0 Å². The van der Waals surface area contributed by atoms with E-state index in [0.717, 1.165) is 6.54 Å². The first-order valence-electron chi connectivity index (χ1n) is 6.06. The molecule has 1 atom stereocenters. The quantitative estimate of drug-likeness (QED) is 0.806. The van der Waals surface area contributed by atoms with Crippen LogP contribution >= 0.6 is 15.9 Å². The summed E-state index contributed by atoms with van der Waals surface area (Å²) in [4.78, 5) is 0. The lowest BCUT2D eigenvalue weighted by molar-refractivity contribution is 0.252. The third kappa shape index (κ3) is 4.02. The molecule has 0 fully saturated rings. The lowest BCUT2D eigenvalue weighted by atomic mass is 9.82. The molecule has 1 nitrogen and oxygen atoms in total.